The molecule has 0 amide bonds. The molecule has 0 saturated heterocycles. The summed E-state index contributed by atoms with van der Waals surface area (Å²) in [6.45, 7) is 9.11. The summed E-state index contributed by atoms with van der Waals surface area (Å²) in [5.74, 6) is 0. The van der Waals surface area contributed by atoms with E-state index in [1.807, 2.05) is 26.0 Å². The maximum atomic E-state index is 6.66. The smallest absolute Gasteiger partial charge is 0.0855 e. The molecule has 0 aliphatic carbocycles. The Morgan fingerprint density at radius 3 is 1.29 bits per heavy atom. The quantitative estimate of drug-likeness (QED) is 0.298. The summed E-state index contributed by atoms with van der Waals surface area (Å²) in [6.07, 6.45) is 1.46. The summed E-state index contributed by atoms with van der Waals surface area (Å²) in [4.78, 5) is 0. The number of rotatable bonds is 18. The Kier molecular flexibility index (Phi) is 13.9. The van der Waals surface area contributed by atoms with Crippen molar-refractivity contribution in [2.75, 3.05) is 52.9 Å². The van der Waals surface area contributed by atoms with E-state index in [4.69, 9.17) is 23.7 Å². The minimum Gasteiger partial charge on any atom is -0.379 e. The third kappa shape index (κ3) is 10.9. The Bertz CT molecular complexity index is 592. The van der Waals surface area contributed by atoms with E-state index in [1.165, 1.54) is 0 Å². The summed E-state index contributed by atoms with van der Waals surface area (Å²) >= 11 is 0. The Balaban J connectivity index is 1.97. The molecule has 2 rings (SSSR count). The first-order valence-electron chi connectivity index (χ1n) is 11.4. The highest BCUT2D eigenvalue weighted by molar-refractivity contribution is 5.20. The molecule has 2 unspecified atom stereocenters. The van der Waals surface area contributed by atoms with Crippen LogP contribution >= 0.6 is 0 Å². The third-order valence-corrected chi connectivity index (χ3v) is 4.87. The fourth-order valence-electron chi connectivity index (χ4n) is 3.27. The lowest BCUT2D eigenvalue weighted by Gasteiger charge is -2.26. The normalized spacial score (nSPS) is 13.2. The van der Waals surface area contributed by atoms with Crippen LogP contribution in [0.3, 0.4) is 0 Å². The van der Waals surface area contributed by atoms with Crippen LogP contribution in [0.5, 0.6) is 0 Å². The molecular weight excluding hydrogens is 392 g/mol. The van der Waals surface area contributed by atoms with Gasteiger partial charge >= 0.3 is 0 Å². The van der Waals surface area contributed by atoms with E-state index in [2.05, 4.69) is 48.5 Å². The highest BCUT2D eigenvalue weighted by atomic mass is 16.5. The van der Waals surface area contributed by atoms with Crippen molar-refractivity contribution in [2.24, 2.45) is 0 Å². The SMILES string of the molecule is CCOCCOCCC(OC(CCOCCOCC)c1ccccc1)c1ccccc1. The van der Waals surface area contributed by atoms with Gasteiger partial charge in [-0.05, 0) is 25.0 Å². The molecule has 2 atom stereocenters. The van der Waals surface area contributed by atoms with E-state index >= 15 is 0 Å². The number of hydrogen-bond donors (Lipinski definition) is 0. The summed E-state index contributed by atoms with van der Waals surface area (Å²) in [5, 5.41) is 0. The first-order chi connectivity index (χ1) is 15.3. The van der Waals surface area contributed by atoms with Crippen molar-refractivity contribution in [3.05, 3.63) is 71.8 Å². The van der Waals surface area contributed by atoms with Crippen LogP contribution in [-0.4, -0.2) is 52.9 Å². The average molecular weight is 431 g/mol. The van der Waals surface area contributed by atoms with Crippen molar-refractivity contribution in [2.45, 2.75) is 38.9 Å². The number of hydrogen-bond acceptors (Lipinski definition) is 5. The molecule has 0 N–H and O–H groups in total. The van der Waals surface area contributed by atoms with Gasteiger partial charge in [0.15, 0.2) is 0 Å². The standard InChI is InChI=1S/C26H38O5/c1-3-27-19-21-29-17-15-25(23-11-7-5-8-12-23)31-26(24-13-9-6-10-14-24)16-18-30-22-20-28-4-2/h5-14,25-26H,3-4,15-22H2,1-2H3. The lowest BCUT2D eigenvalue weighted by atomic mass is 10.0. The third-order valence-electron chi connectivity index (χ3n) is 4.87. The number of benzene rings is 2. The van der Waals surface area contributed by atoms with Crippen LogP contribution in [0, 0.1) is 0 Å². The molecule has 0 aromatic heterocycles. The van der Waals surface area contributed by atoms with Gasteiger partial charge in [-0.2, -0.15) is 0 Å². The second-order valence-electron chi connectivity index (χ2n) is 7.13. The molecule has 172 valence electrons. The molecule has 0 fully saturated rings. The van der Waals surface area contributed by atoms with Gasteiger partial charge in [-0.15, -0.1) is 0 Å². The van der Waals surface area contributed by atoms with Gasteiger partial charge < -0.3 is 23.7 Å². The predicted molar refractivity (Wildman–Crippen MR) is 123 cm³/mol. The zero-order chi connectivity index (χ0) is 22.0. The summed E-state index contributed by atoms with van der Waals surface area (Å²) in [5.41, 5.74) is 2.32. The van der Waals surface area contributed by atoms with E-state index < -0.39 is 0 Å². The second kappa shape index (κ2) is 16.9. The minimum absolute atomic E-state index is 0.0538. The van der Waals surface area contributed by atoms with E-state index in [-0.39, 0.29) is 12.2 Å². The highest BCUT2D eigenvalue weighted by Crippen LogP contribution is 2.31. The van der Waals surface area contributed by atoms with E-state index in [0.717, 1.165) is 24.0 Å². The van der Waals surface area contributed by atoms with E-state index in [9.17, 15) is 0 Å². The average Bonchev–Trinajstić information content (AvgIpc) is 2.82. The van der Waals surface area contributed by atoms with Gasteiger partial charge in [-0.3, -0.25) is 0 Å². The topological polar surface area (TPSA) is 46.2 Å². The van der Waals surface area contributed by atoms with Crippen molar-refractivity contribution in [1.29, 1.82) is 0 Å². The van der Waals surface area contributed by atoms with Gasteiger partial charge in [0.05, 0.1) is 38.6 Å². The van der Waals surface area contributed by atoms with Gasteiger partial charge in [-0.25, -0.2) is 0 Å². The molecule has 0 heterocycles. The van der Waals surface area contributed by atoms with Crippen molar-refractivity contribution in [1.82, 2.24) is 0 Å². The van der Waals surface area contributed by atoms with Crippen molar-refractivity contribution < 1.29 is 23.7 Å². The summed E-state index contributed by atoms with van der Waals surface area (Å²) in [6, 6.07) is 20.7. The molecule has 0 aliphatic rings. The molecule has 0 radical (unpaired) electrons. The van der Waals surface area contributed by atoms with Crippen LogP contribution in [0.25, 0.3) is 0 Å². The van der Waals surface area contributed by atoms with E-state index in [0.29, 0.717) is 52.9 Å². The van der Waals surface area contributed by atoms with Gasteiger partial charge in [-0.1, -0.05) is 60.7 Å². The van der Waals surface area contributed by atoms with Crippen LogP contribution < -0.4 is 0 Å². The van der Waals surface area contributed by atoms with Crippen LogP contribution in [0.1, 0.15) is 50.0 Å². The minimum atomic E-state index is -0.0538. The maximum Gasteiger partial charge on any atom is 0.0855 e. The van der Waals surface area contributed by atoms with Crippen LogP contribution in [0.2, 0.25) is 0 Å². The first kappa shape index (κ1) is 25.5. The molecule has 2 aromatic rings. The van der Waals surface area contributed by atoms with Gasteiger partial charge in [0.2, 0.25) is 0 Å². The first-order valence-corrected chi connectivity index (χ1v) is 11.4. The molecule has 0 saturated carbocycles. The van der Waals surface area contributed by atoms with Crippen LogP contribution in [0.15, 0.2) is 60.7 Å². The molecule has 5 heteroatoms. The molecule has 0 aliphatic heterocycles. The largest absolute Gasteiger partial charge is 0.379 e. The van der Waals surface area contributed by atoms with Gasteiger partial charge in [0.1, 0.15) is 0 Å². The monoisotopic (exact) mass is 430 g/mol. The zero-order valence-corrected chi connectivity index (χ0v) is 19.0. The zero-order valence-electron chi connectivity index (χ0n) is 19.0. The van der Waals surface area contributed by atoms with Crippen molar-refractivity contribution in [3.8, 4) is 0 Å². The Labute approximate surface area is 187 Å². The fraction of sp³-hybridized carbons (Fsp3) is 0.538. The molecule has 31 heavy (non-hydrogen) atoms. The molecular formula is C26H38O5. The molecule has 5 nitrogen and oxygen atoms in total. The van der Waals surface area contributed by atoms with Crippen LogP contribution in [0.4, 0.5) is 0 Å². The highest BCUT2D eigenvalue weighted by Gasteiger charge is 2.20. The predicted octanol–water partition coefficient (Wildman–Crippen LogP) is 5.37. The Hall–Kier alpha value is -1.76. The van der Waals surface area contributed by atoms with Crippen LogP contribution in [-0.2, 0) is 23.7 Å². The van der Waals surface area contributed by atoms with Crippen molar-refractivity contribution in [3.63, 3.8) is 0 Å². The molecule has 0 bridgehead atoms. The lowest BCUT2D eigenvalue weighted by molar-refractivity contribution is -0.0522. The second-order valence-corrected chi connectivity index (χ2v) is 7.13. The summed E-state index contributed by atoms with van der Waals surface area (Å²) < 4.78 is 28.9. The maximum absolute atomic E-state index is 6.66. The molecule has 2 aromatic carbocycles. The Morgan fingerprint density at radius 2 is 0.903 bits per heavy atom. The summed E-state index contributed by atoms with van der Waals surface area (Å²) in [7, 11) is 0. The van der Waals surface area contributed by atoms with E-state index in [1.54, 1.807) is 0 Å². The fourth-order valence-corrected chi connectivity index (χ4v) is 3.27. The number of ether oxygens (including phenoxy) is 5. The van der Waals surface area contributed by atoms with Gasteiger partial charge in [0.25, 0.3) is 0 Å². The van der Waals surface area contributed by atoms with Gasteiger partial charge in [0, 0.05) is 39.3 Å². The van der Waals surface area contributed by atoms with Crippen molar-refractivity contribution >= 4 is 0 Å². The molecule has 0 spiro atoms. The lowest BCUT2D eigenvalue weighted by Crippen LogP contribution is -2.16. The Morgan fingerprint density at radius 1 is 0.516 bits per heavy atom.